The Morgan fingerprint density at radius 2 is 2.06 bits per heavy atom. The third-order valence-electron chi connectivity index (χ3n) is 6.82. The van der Waals surface area contributed by atoms with Crippen molar-refractivity contribution in [2.45, 2.75) is 50.6 Å². The number of aromatic nitrogens is 2. The highest BCUT2D eigenvalue weighted by Crippen LogP contribution is 2.37. The Kier molecular flexibility index (Phi) is 7.32. The highest BCUT2D eigenvalue weighted by Gasteiger charge is 2.39. The molecule has 1 N–H and O–H groups in total. The molecule has 2 aromatic heterocycles. The lowest BCUT2D eigenvalue weighted by Gasteiger charge is -2.33. The molecule has 192 valence electrons. The van der Waals surface area contributed by atoms with E-state index in [9.17, 15) is 13.2 Å². The van der Waals surface area contributed by atoms with Crippen molar-refractivity contribution in [3.63, 3.8) is 0 Å². The van der Waals surface area contributed by atoms with Gasteiger partial charge in [-0.3, -0.25) is 4.79 Å². The maximum atomic E-state index is 13.2. The van der Waals surface area contributed by atoms with Crippen LogP contribution in [-0.2, 0) is 14.8 Å². The van der Waals surface area contributed by atoms with Gasteiger partial charge in [-0.2, -0.15) is 8.42 Å². The van der Waals surface area contributed by atoms with E-state index in [1.165, 1.54) is 6.07 Å². The molecule has 2 saturated heterocycles. The molecule has 2 aliphatic rings. The summed E-state index contributed by atoms with van der Waals surface area (Å²) in [4.78, 5) is 26.2. The molecule has 0 bridgehead atoms. The number of ether oxygens (including phenoxy) is 1. The van der Waals surface area contributed by atoms with Crippen LogP contribution < -0.4 is 14.5 Å². The molecule has 35 heavy (non-hydrogen) atoms. The Balaban J connectivity index is 0.00000361. The van der Waals surface area contributed by atoms with Crippen molar-refractivity contribution in [2.75, 3.05) is 43.2 Å². The van der Waals surface area contributed by atoms with Gasteiger partial charge in [0.1, 0.15) is 11.6 Å². The third kappa shape index (κ3) is 5.59. The first kappa shape index (κ1) is 25.4. The van der Waals surface area contributed by atoms with Gasteiger partial charge in [0.2, 0.25) is 0 Å². The van der Waals surface area contributed by atoms with Crippen LogP contribution in [0.4, 0.5) is 11.6 Å². The maximum Gasteiger partial charge on any atom is 0.281 e. The molecule has 2 aromatic rings. The van der Waals surface area contributed by atoms with E-state index >= 15 is 0 Å². The molecule has 0 aliphatic carbocycles. The van der Waals surface area contributed by atoms with Crippen molar-refractivity contribution in [1.29, 1.82) is 0 Å². The van der Waals surface area contributed by atoms with Crippen LogP contribution in [-0.4, -0.2) is 63.2 Å². The van der Waals surface area contributed by atoms with E-state index in [-0.39, 0.29) is 17.6 Å². The topological polar surface area (TPSA) is 105 Å². The molecule has 0 spiro atoms. The van der Waals surface area contributed by atoms with Crippen molar-refractivity contribution in [3.05, 3.63) is 42.1 Å². The first-order valence-corrected chi connectivity index (χ1v) is 13.6. The lowest BCUT2D eigenvalue weighted by Crippen LogP contribution is -2.41. The molecule has 2 fully saturated rings. The molecule has 10 heteroatoms. The van der Waals surface area contributed by atoms with Crippen molar-refractivity contribution in [3.8, 4) is 0 Å². The minimum absolute atomic E-state index is 0. The molecule has 9 nitrogen and oxygen atoms in total. The van der Waals surface area contributed by atoms with Crippen molar-refractivity contribution in [2.24, 2.45) is 11.8 Å². The molecular weight excluding hydrogens is 466 g/mol. The summed E-state index contributed by atoms with van der Waals surface area (Å²) in [5.74, 6) is 1.17. The van der Waals surface area contributed by atoms with Gasteiger partial charge < -0.3 is 14.5 Å². The molecule has 2 atom stereocenters. The Labute approximate surface area is 209 Å². The summed E-state index contributed by atoms with van der Waals surface area (Å²) < 4.78 is 33.8. The summed E-state index contributed by atoms with van der Waals surface area (Å²) in [7, 11) is -2.49. The van der Waals surface area contributed by atoms with E-state index in [0.29, 0.717) is 30.1 Å². The van der Waals surface area contributed by atoms with Crippen molar-refractivity contribution >= 4 is 27.6 Å². The maximum absolute atomic E-state index is 13.2. The fraction of sp³-hybridized carbons (Fsp3) is 0.560. The lowest BCUT2D eigenvalue weighted by molar-refractivity contribution is 0.0981. The van der Waals surface area contributed by atoms with Crippen LogP contribution in [0.2, 0.25) is 0 Å². The number of hydrogen-bond donors (Lipinski definition) is 1. The highest BCUT2D eigenvalue weighted by molar-refractivity contribution is 7.90. The van der Waals surface area contributed by atoms with Crippen LogP contribution in [0.25, 0.3) is 0 Å². The number of pyridine rings is 2. The third-order valence-corrected chi connectivity index (χ3v) is 8.05. The highest BCUT2D eigenvalue weighted by atomic mass is 32.2. The fourth-order valence-corrected chi connectivity index (χ4v) is 6.28. The average Bonchev–Trinajstić information content (AvgIpc) is 3.11. The monoisotopic (exact) mass is 503 g/mol. The normalized spacial score (nSPS) is 22.3. The molecule has 2 unspecified atom stereocenters. The minimum Gasteiger partial charge on any atom is -0.384 e. The van der Waals surface area contributed by atoms with Crippen LogP contribution in [0.5, 0.6) is 0 Å². The van der Waals surface area contributed by atoms with Gasteiger partial charge >= 0.3 is 0 Å². The predicted molar refractivity (Wildman–Crippen MR) is 137 cm³/mol. The molecule has 2 aliphatic heterocycles. The van der Waals surface area contributed by atoms with Crippen molar-refractivity contribution in [1.82, 2.24) is 14.7 Å². The van der Waals surface area contributed by atoms with E-state index in [2.05, 4.69) is 45.3 Å². The number of anilines is 2. The number of nitrogens with one attached hydrogen (secondary N) is 1. The second kappa shape index (κ2) is 10.1. The second-order valence-electron chi connectivity index (χ2n) is 10.3. The van der Waals surface area contributed by atoms with E-state index in [1.54, 1.807) is 37.6 Å². The quantitative estimate of drug-likeness (QED) is 0.614. The van der Waals surface area contributed by atoms with E-state index in [1.807, 2.05) is 0 Å². The number of carbonyl (C=O) groups is 1. The van der Waals surface area contributed by atoms with Gasteiger partial charge in [-0.1, -0.05) is 13.0 Å². The number of rotatable bonds is 7. The molecular formula is C25H37N5O4S. The van der Waals surface area contributed by atoms with Crippen LogP contribution in [0.1, 0.15) is 51.8 Å². The Bertz CT molecular complexity index is 1170. The predicted octanol–water partition coefficient (Wildman–Crippen LogP) is 3.33. The molecule has 0 aromatic carbocycles. The number of nitrogens with zero attached hydrogens (tertiary/aromatic N) is 4. The summed E-state index contributed by atoms with van der Waals surface area (Å²) in [5, 5.41) is -0.183. The smallest absolute Gasteiger partial charge is 0.281 e. The van der Waals surface area contributed by atoms with E-state index in [0.717, 1.165) is 38.9 Å². The van der Waals surface area contributed by atoms with Crippen LogP contribution in [0.3, 0.4) is 0 Å². The van der Waals surface area contributed by atoms with Gasteiger partial charge in [0.25, 0.3) is 15.9 Å². The average molecular weight is 504 g/mol. The molecule has 4 rings (SSSR count). The summed E-state index contributed by atoms with van der Waals surface area (Å²) in [6, 6.07) is 8.12. The fourth-order valence-electron chi connectivity index (χ4n) is 5.35. The first-order chi connectivity index (χ1) is 16.6. The SMILES string of the molecule is COCC1CCCN(c2cccc(S(=O)(=O)NC(=O)c3cccnc3N3CC(C)CC3(C)C)n2)C1.[HH]. The summed E-state index contributed by atoms with van der Waals surface area (Å²) in [6.07, 6.45) is 4.64. The number of carbonyl (C=O) groups excluding carboxylic acids is 1. The van der Waals surface area contributed by atoms with Gasteiger partial charge in [-0.25, -0.2) is 14.7 Å². The molecule has 0 saturated carbocycles. The number of hydrogen-bond acceptors (Lipinski definition) is 8. The van der Waals surface area contributed by atoms with Crippen LogP contribution in [0.15, 0.2) is 41.6 Å². The summed E-state index contributed by atoms with van der Waals surface area (Å²) >= 11 is 0. The van der Waals surface area contributed by atoms with Gasteiger partial charge in [-0.05, 0) is 69.2 Å². The number of amides is 1. The number of sulfonamides is 1. The van der Waals surface area contributed by atoms with Crippen LogP contribution in [0, 0.1) is 11.8 Å². The van der Waals surface area contributed by atoms with Crippen molar-refractivity contribution < 1.29 is 19.4 Å². The molecule has 0 radical (unpaired) electrons. The van der Waals surface area contributed by atoms with E-state index in [4.69, 9.17) is 4.74 Å². The summed E-state index contributed by atoms with van der Waals surface area (Å²) in [5.41, 5.74) is 0.0417. The first-order valence-electron chi connectivity index (χ1n) is 12.1. The zero-order valence-electron chi connectivity index (χ0n) is 20.9. The van der Waals surface area contributed by atoms with Crippen LogP contribution >= 0.6 is 0 Å². The van der Waals surface area contributed by atoms with Gasteiger partial charge in [0.05, 0.1) is 12.2 Å². The zero-order valence-corrected chi connectivity index (χ0v) is 21.7. The van der Waals surface area contributed by atoms with Gasteiger partial charge in [0, 0.05) is 39.9 Å². The van der Waals surface area contributed by atoms with Gasteiger partial charge in [-0.15, -0.1) is 0 Å². The van der Waals surface area contributed by atoms with Gasteiger partial charge in [0.15, 0.2) is 5.03 Å². The number of methoxy groups -OCH3 is 1. The standard InChI is InChI=1S/C25H35N5O4S.H2/c1-18-14-25(2,3)30(15-18)23-20(9-6-12-26-23)24(31)28-35(32,33)22-11-5-10-21(27-22)29-13-7-8-19(16-29)17-34-4;/h5-6,9-12,18-19H,7-8,13-17H2,1-4H3,(H,28,31);1H. The lowest BCUT2D eigenvalue weighted by atomic mass is 9.97. The Morgan fingerprint density at radius 1 is 1.26 bits per heavy atom. The minimum atomic E-state index is -4.18. The molecule has 1 amide bonds. The zero-order chi connectivity index (χ0) is 25.2. The van der Waals surface area contributed by atoms with E-state index < -0.39 is 15.9 Å². The Morgan fingerprint density at radius 3 is 2.77 bits per heavy atom. The Hall–Kier alpha value is -2.72. The second-order valence-corrected chi connectivity index (χ2v) is 11.9. The number of piperidine rings is 1. The largest absolute Gasteiger partial charge is 0.384 e. The molecule has 4 heterocycles. The summed E-state index contributed by atoms with van der Waals surface area (Å²) in [6.45, 7) is 9.33.